The third-order valence-corrected chi connectivity index (χ3v) is 3.58. The van der Waals surface area contributed by atoms with Crippen molar-refractivity contribution in [1.82, 2.24) is 10.3 Å². The van der Waals surface area contributed by atoms with Crippen molar-refractivity contribution in [3.63, 3.8) is 0 Å². The van der Waals surface area contributed by atoms with Gasteiger partial charge in [0.15, 0.2) is 0 Å². The van der Waals surface area contributed by atoms with Crippen LogP contribution in [0.1, 0.15) is 23.4 Å². The van der Waals surface area contributed by atoms with Gasteiger partial charge in [-0.25, -0.2) is 13.8 Å². The van der Waals surface area contributed by atoms with Crippen LogP contribution < -0.4 is 5.32 Å². The van der Waals surface area contributed by atoms with Crippen molar-refractivity contribution in [3.05, 3.63) is 52.0 Å². The predicted molar refractivity (Wildman–Crippen MR) is 68.6 cm³/mol. The van der Waals surface area contributed by atoms with E-state index < -0.39 is 11.6 Å². The summed E-state index contributed by atoms with van der Waals surface area (Å²) in [4.78, 5) is 4.23. The molecule has 1 heterocycles. The van der Waals surface area contributed by atoms with Crippen LogP contribution in [-0.4, -0.2) is 11.5 Å². The first-order chi connectivity index (χ1) is 8.65. The SMILES string of the molecule is CC(CNCc1cc(F)cc(F)c1)c1nccs1. The maximum absolute atomic E-state index is 13.0. The van der Waals surface area contributed by atoms with Gasteiger partial charge in [-0.3, -0.25) is 0 Å². The van der Waals surface area contributed by atoms with Crippen molar-refractivity contribution in [3.8, 4) is 0 Å². The number of hydrogen-bond acceptors (Lipinski definition) is 3. The van der Waals surface area contributed by atoms with Gasteiger partial charge in [0.25, 0.3) is 0 Å². The van der Waals surface area contributed by atoms with Gasteiger partial charge in [0.2, 0.25) is 0 Å². The standard InChI is InChI=1S/C13H14F2N2S/c1-9(13-17-2-3-18-13)7-16-8-10-4-11(14)6-12(15)5-10/h2-6,9,16H,7-8H2,1H3. The van der Waals surface area contributed by atoms with E-state index in [1.165, 1.54) is 12.1 Å². The van der Waals surface area contributed by atoms with Gasteiger partial charge in [0, 0.05) is 36.7 Å². The normalized spacial score (nSPS) is 12.6. The van der Waals surface area contributed by atoms with E-state index in [0.29, 0.717) is 18.0 Å². The molecule has 0 radical (unpaired) electrons. The van der Waals surface area contributed by atoms with Gasteiger partial charge in [-0.2, -0.15) is 0 Å². The van der Waals surface area contributed by atoms with E-state index in [1.807, 2.05) is 5.38 Å². The molecule has 5 heteroatoms. The molecule has 96 valence electrons. The van der Waals surface area contributed by atoms with Crippen molar-refractivity contribution in [2.24, 2.45) is 0 Å². The van der Waals surface area contributed by atoms with Crippen LogP contribution in [0.25, 0.3) is 0 Å². The van der Waals surface area contributed by atoms with Gasteiger partial charge in [0.05, 0.1) is 5.01 Å². The summed E-state index contributed by atoms with van der Waals surface area (Å²) in [5, 5.41) is 6.18. The highest BCUT2D eigenvalue weighted by atomic mass is 32.1. The molecule has 0 aliphatic rings. The molecule has 18 heavy (non-hydrogen) atoms. The Morgan fingerprint density at radius 2 is 2.00 bits per heavy atom. The second-order valence-electron chi connectivity index (χ2n) is 4.18. The number of nitrogens with one attached hydrogen (secondary N) is 1. The lowest BCUT2D eigenvalue weighted by molar-refractivity contribution is 0.570. The summed E-state index contributed by atoms with van der Waals surface area (Å²) in [6.07, 6.45) is 1.78. The van der Waals surface area contributed by atoms with Gasteiger partial charge in [-0.05, 0) is 17.7 Å². The second kappa shape index (κ2) is 6.02. The second-order valence-corrected chi connectivity index (χ2v) is 5.11. The Hall–Kier alpha value is -1.33. The first-order valence-electron chi connectivity index (χ1n) is 5.70. The lowest BCUT2D eigenvalue weighted by Gasteiger charge is -2.10. The fourth-order valence-electron chi connectivity index (χ4n) is 1.71. The molecule has 0 amide bonds. The zero-order valence-corrected chi connectivity index (χ0v) is 10.8. The number of rotatable bonds is 5. The minimum atomic E-state index is -0.542. The smallest absolute Gasteiger partial charge is 0.126 e. The summed E-state index contributed by atoms with van der Waals surface area (Å²) in [6, 6.07) is 3.55. The van der Waals surface area contributed by atoms with Crippen molar-refractivity contribution < 1.29 is 8.78 Å². The molecule has 0 saturated carbocycles. The maximum atomic E-state index is 13.0. The van der Waals surface area contributed by atoms with E-state index in [-0.39, 0.29) is 0 Å². The molecule has 0 saturated heterocycles. The highest BCUT2D eigenvalue weighted by Gasteiger charge is 2.07. The van der Waals surface area contributed by atoms with Crippen LogP contribution >= 0.6 is 11.3 Å². The van der Waals surface area contributed by atoms with Crippen molar-refractivity contribution in [2.75, 3.05) is 6.54 Å². The molecule has 2 aromatic rings. The topological polar surface area (TPSA) is 24.9 Å². The van der Waals surface area contributed by atoms with E-state index in [2.05, 4.69) is 17.2 Å². The van der Waals surface area contributed by atoms with Gasteiger partial charge < -0.3 is 5.32 Å². The minimum absolute atomic E-state index is 0.295. The highest BCUT2D eigenvalue weighted by molar-refractivity contribution is 7.09. The van der Waals surface area contributed by atoms with Crippen molar-refractivity contribution in [1.29, 1.82) is 0 Å². The zero-order chi connectivity index (χ0) is 13.0. The molecule has 0 spiro atoms. The Bertz CT molecular complexity index is 479. The molecule has 0 fully saturated rings. The van der Waals surface area contributed by atoms with Crippen LogP contribution in [0, 0.1) is 11.6 Å². The first-order valence-corrected chi connectivity index (χ1v) is 6.58. The van der Waals surface area contributed by atoms with Crippen LogP contribution in [0.5, 0.6) is 0 Å². The first kappa shape index (κ1) is 13.1. The molecule has 2 rings (SSSR count). The van der Waals surface area contributed by atoms with Crippen LogP contribution in [0.4, 0.5) is 8.78 Å². The largest absolute Gasteiger partial charge is 0.312 e. The van der Waals surface area contributed by atoms with Crippen LogP contribution in [-0.2, 0) is 6.54 Å². The van der Waals surface area contributed by atoms with E-state index in [0.717, 1.165) is 17.6 Å². The summed E-state index contributed by atoms with van der Waals surface area (Å²) in [5.41, 5.74) is 0.610. The van der Waals surface area contributed by atoms with Gasteiger partial charge in [-0.15, -0.1) is 11.3 Å². The van der Waals surface area contributed by atoms with Crippen molar-refractivity contribution >= 4 is 11.3 Å². The van der Waals surface area contributed by atoms with E-state index in [1.54, 1.807) is 17.5 Å². The Balaban J connectivity index is 1.85. The molecule has 1 aromatic heterocycles. The monoisotopic (exact) mass is 268 g/mol. The molecular formula is C13H14F2N2S. The Labute approximate surface area is 109 Å². The maximum Gasteiger partial charge on any atom is 0.126 e. The summed E-state index contributed by atoms with van der Waals surface area (Å²) >= 11 is 1.61. The Morgan fingerprint density at radius 1 is 1.28 bits per heavy atom. The lowest BCUT2D eigenvalue weighted by atomic mass is 10.1. The van der Waals surface area contributed by atoms with E-state index in [9.17, 15) is 8.78 Å². The number of benzene rings is 1. The lowest BCUT2D eigenvalue weighted by Crippen LogP contribution is -2.19. The fraction of sp³-hybridized carbons (Fsp3) is 0.308. The number of aromatic nitrogens is 1. The molecule has 0 aliphatic carbocycles. The molecule has 0 aliphatic heterocycles. The Morgan fingerprint density at radius 3 is 2.61 bits per heavy atom. The third kappa shape index (κ3) is 3.58. The molecule has 1 unspecified atom stereocenters. The Kier molecular flexibility index (Phi) is 4.38. The third-order valence-electron chi connectivity index (χ3n) is 2.57. The summed E-state index contributed by atoms with van der Waals surface area (Å²) < 4.78 is 25.9. The molecule has 1 aromatic carbocycles. The number of thiazole rings is 1. The predicted octanol–water partition coefficient (Wildman–Crippen LogP) is 3.31. The van der Waals surface area contributed by atoms with Gasteiger partial charge in [0.1, 0.15) is 11.6 Å². The van der Waals surface area contributed by atoms with Gasteiger partial charge >= 0.3 is 0 Å². The summed E-state index contributed by atoms with van der Waals surface area (Å²) in [7, 11) is 0. The quantitative estimate of drug-likeness (QED) is 0.900. The average Bonchev–Trinajstić information content (AvgIpc) is 2.80. The molecule has 1 atom stereocenters. The minimum Gasteiger partial charge on any atom is -0.312 e. The van der Waals surface area contributed by atoms with E-state index in [4.69, 9.17) is 0 Å². The van der Waals surface area contributed by atoms with Crippen molar-refractivity contribution in [2.45, 2.75) is 19.4 Å². The molecule has 2 nitrogen and oxygen atoms in total. The molecule has 1 N–H and O–H groups in total. The summed E-state index contributed by atoms with van der Waals surface area (Å²) in [5.74, 6) is -0.789. The van der Waals surface area contributed by atoms with Gasteiger partial charge in [-0.1, -0.05) is 6.92 Å². The number of halogens is 2. The average molecular weight is 268 g/mol. The number of hydrogen-bond donors (Lipinski definition) is 1. The molecular weight excluding hydrogens is 254 g/mol. The fourth-order valence-corrected chi connectivity index (χ4v) is 2.41. The molecule has 0 bridgehead atoms. The summed E-state index contributed by atoms with van der Waals surface area (Å²) in [6.45, 7) is 3.24. The van der Waals surface area contributed by atoms with E-state index >= 15 is 0 Å². The van der Waals surface area contributed by atoms with Crippen LogP contribution in [0.3, 0.4) is 0 Å². The van der Waals surface area contributed by atoms with Crippen LogP contribution in [0.2, 0.25) is 0 Å². The number of nitrogens with zero attached hydrogens (tertiary/aromatic N) is 1. The zero-order valence-electron chi connectivity index (χ0n) is 9.99. The highest BCUT2D eigenvalue weighted by Crippen LogP contribution is 2.16. The van der Waals surface area contributed by atoms with Crippen LogP contribution in [0.15, 0.2) is 29.8 Å².